The number of benzene rings is 1. The van der Waals surface area contributed by atoms with E-state index in [1.54, 1.807) is 0 Å². The maximum absolute atomic E-state index is 12.1. The molecule has 0 radical (unpaired) electrons. The van der Waals surface area contributed by atoms with E-state index < -0.39 is 6.04 Å². The SMILES string of the molecule is N[C@H](Cc1c[nH]c2ccccc12)C(=O)NCC1CCCO1. The predicted molar refractivity (Wildman–Crippen MR) is 82.0 cm³/mol. The summed E-state index contributed by atoms with van der Waals surface area (Å²) in [6.07, 6.45) is 4.69. The second-order valence-corrected chi connectivity index (χ2v) is 5.55. The Balaban J connectivity index is 1.57. The molecule has 1 aliphatic rings. The van der Waals surface area contributed by atoms with E-state index in [1.807, 2.05) is 30.5 Å². The van der Waals surface area contributed by atoms with Crippen LogP contribution >= 0.6 is 0 Å². The minimum Gasteiger partial charge on any atom is -0.376 e. The minimum atomic E-state index is -0.536. The fourth-order valence-electron chi connectivity index (χ4n) is 2.78. The zero-order valence-corrected chi connectivity index (χ0v) is 12.0. The van der Waals surface area contributed by atoms with E-state index in [0.717, 1.165) is 35.9 Å². The molecule has 1 saturated heterocycles. The Morgan fingerprint density at radius 1 is 1.48 bits per heavy atom. The number of nitrogens with one attached hydrogen (secondary N) is 2. The molecule has 1 aliphatic heterocycles. The van der Waals surface area contributed by atoms with Gasteiger partial charge in [-0.25, -0.2) is 0 Å². The number of hydrogen-bond acceptors (Lipinski definition) is 3. The quantitative estimate of drug-likeness (QED) is 0.776. The van der Waals surface area contributed by atoms with Gasteiger partial charge in [0.2, 0.25) is 5.91 Å². The van der Waals surface area contributed by atoms with Crippen LogP contribution in [0.2, 0.25) is 0 Å². The fraction of sp³-hybridized carbons (Fsp3) is 0.438. The molecule has 1 amide bonds. The van der Waals surface area contributed by atoms with Gasteiger partial charge in [-0.3, -0.25) is 4.79 Å². The smallest absolute Gasteiger partial charge is 0.237 e. The number of aromatic amines is 1. The predicted octanol–water partition coefficient (Wildman–Crippen LogP) is 1.33. The normalized spacial score (nSPS) is 19.8. The number of carbonyl (C=O) groups is 1. The molecule has 1 fully saturated rings. The van der Waals surface area contributed by atoms with E-state index in [4.69, 9.17) is 10.5 Å². The summed E-state index contributed by atoms with van der Waals surface area (Å²) in [5.74, 6) is -0.115. The Labute approximate surface area is 123 Å². The van der Waals surface area contributed by atoms with Crippen LogP contribution in [-0.2, 0) is 16.0 Å². The first-order chi connectivity index (χ1) is 10.2. The van der Waals surface area contributed by atoms with Crippen LogP contribution in [0.25, 0.3) is 10.9 Å². The van der Waals surface area contributed by atoms with Gasteiger partial charge < -0.3 is 20.8 Å². The Morgan fingerprint density at radius 2 is 2.33 bits per heavy atom. The van der Waals surface area contributed by atoms with Gasteiger partial charge in [0.25, 0.3) is 0 Å². The molecule has 5 heteroatoms. The van der Waals surface area contributed by atoms with Gasteiger partial charge in [-0.15, -0.1) is 0 Å². The number of fused-ring (bicyclic) bond motifs is 1. The van der Waals surface area contributed by atoms with Crippen molar-refractivity contribution in [3.05, 3.63) is 36.0 Å². The molecular weight excluding hydrogens is 266 g/mol. The largest absolute Gasteiger partial charge is 0.376 e. The molecule has 112 valence electrons. The monoisotopic (exact) mass is 287 g/mol. The Kier molecular flexibility index (Phi) is 4.22. The minimum absolute atomic E-state index is 0.115. The van der Waals surface area contributed by atoms with Crippen molar-refractivity contribution >= 4 is 16.8 Å². The van der Waals surface area contributed by atoms with Crippen molar-refractivity contribution in [3.63, 3.8) is 0 Å². The summed E-state index contributed by atoms with van der Waals surface area (Å²) in [6.45, 7) is 1.35. The average molecular weight is 287 g/mol. The highest BCUT2D eigenvalue weighted by molar-refractivity contribution is 5.86. The molecule has 4 N–H and O–H groups in total. The molecule has 0 aliphatic carbocycles. The van der Waals surface area contributed by atoms with E-state index in [-0.39, 0.29) is 12.0 Å². The summed E-state index contributed by atoms with van der Waals surface area (Å²) in [4.78, 5) is 15.3. The van der Waals surface area contributed by atoms with Gasteiger partial charge in [0.1, 0.15) is 0 Å². The number of aromatic nitrogens is 1. The Hall–Kier alpha value is -1.85. The van der Waals surface area contributed by atoms with Crippen molar-refractivity contribution in [3.8, 4) is 0 Å². The molecule has 0 bridgehead atoms. The lowest BCUT2D eigenvalue weighted by atomic mass is 10.0. The summed E-state index contributed by atoms with van der Waals surface area (Å²) >= 11 is 0. The summed E-state index contributed by atoms with van der Waals surface area (Å²) < 4.78 is 5.49. The molecule has 1 unspecified atom stereocenters. The van der Waals surface area contributed by atoms with E-state index >= 15 is 0 Å². The lowest BCUT2D eigenvalue weighted by Crippen LogP contribution is -2.44. The Bertz CT molecular complexity index is 617. The lowest BCUT2D eigenvalue weighted by Gasteiger charge is -2.14. The highest BCUT2D eigenvalue weighted by Crippen LogP contribution is 2.18. The number of ether oxygens (including phenoxy) is 1. The zero-order valence-electron chi connectivity index (χ0n) is 12.0. The third kappa shape index (κ3) is 3.25. The third-order valence-corrected chi connectivity index (χ3v) is 3.98. The van der Waals surface area contributed by atoms with Gasteiger partial charge in [0.15, 0.2) is 0 Å². The van der Waals surface area contributed by atoms with Crippen molar-refractivity contribution < 1.29 is 9.53 Å². The molecule has 0 spiro atoms. The summed E-state index contributed by atoms with van der Waals surface area (Å²) in [7, 11) is 0. The first-order valence-corrected chi connectivity index (χ1v) is 7.44. The van der Waals surface area contributed by atoms with Crippen LogP contribution in [0, 0.1) is 0 Å². The van der Waals surface area contributed by atoms with Crippen LogP contribution in [-0.4, -0.2) is 36.2 Å². The van der Waals surface area contributed by atoms with Crippen LogP contribution in [0.3, 0.4) is 0 Å². The number of hydrogen-bond donors (Lipinski definition) is 3. The number of para-hydroxylation sites is 1. The van der Waals surface area contributed by atoms with Crippen molar-refractivity contribution in [2.75, 3.05) is 13.2 Å². The molecule has 2 atom stereocenters. The lowest BCUT2D eigenvalue weighted by molar-refractivity contribution is -0.122. The topological polar surface area (TPSA) is 80.1 Å². The molecule has 0 saturated carbocycles. The number of carbonyl (C=O) groups excluding carboxylic acids is 1. The van der Waals surface area contributed by atoms with Crippen LogP contribution < -0.4 is 11.1 Å². The van der Waals surface area contributed by atoms with Gasteiger partial charge in [-0.05, 0) is 30.9 Å². The summed E-state index contributed by atoms with van der Waals surface area (Å²) in [6, 6.07) is 7.49. The van der Waals surface area contributed by atoms with Gasteiger partial charge in [-0.2, -0.15) is 0 Å². The highest BCUT2D eigenvalue weighted by atomic mass is 16.5. The van der Waals surface area contributed by atoms with Gasteiger partial charge >= 0.3 is 0 Å². The molecule has 2 heterocycles. The van der Waals surface area contributed by atoms with Gasteiger partial charge in [-0.1, -0.05) is 18.2 Å². The molecule has 1 aromatic heterocycles. The molecular formula is C16H21N3O2. The number of amides is 1. The highest BCUT2D eigenvalue weighted by Gasteiger charge is 2.19. The van der Waals surface area contributed by atoms with Crippen LogP contribution in [0.15, 0.2) is 30.5 Å². The third-order valence-electron chi connectivity index (χ3n) is 3.98. The Morgan fingerprint density at radius 3 is 3.14 bits per heavy atom. The van der Waals surface area contributed by atoms with Crippen LogP contribution in [0.1, 0.15) is 18.4 Å². The average Bonchev–Trinajstić information content (AvgIpc) is 3.15. The van der Waals surface area contributed by atoms with Crippen molar-refractivity contribution in [1.29, 1.82) is 0 Å². The molecule has 5 nitrogen and oxygen atoms in total. The maximum atomic E-state index is 12.1. The van der Waals surface area contributed by atoms with E-state index in [1.165, 1.54) is 0 Å². The molecule has 3 rings (SSSR count). The molecule has 21 heavy (non-hydrogen) atoms. The van der Waals surface area contributed by atoms with E-state index in [9.17, 15) is 4.79 Å². The van der Waals surface area contributed by atoms with Crippen molar-refractivity contribution in [2.24, 2.45) is 5.73 Å². The fourth-order valence-corrected chi connectivity index (χ4v) is 2.78. The zero-order chi connectivity index (χ0) is 14.7. The maximum Gasteiger partial charge on any atom is 0.237 e. The van der Waals surface area contributed by atoms with E-state index in [2.05, 4.69) is 10.3 Å². The molecule has 2 aromatic rings. The number of rotatable bonds is 5. The van der Waals surface area contributed by atoms with Crippen LogP contribution in [0.5, 0.6) is 0 Å². The second kappa shape index (κ2) is 6.28. The van der Waals surface area contributed by atoms with Crippen molar-refractivity contribution in [2.45, 2.75) is 31.4 Å². The number of nitrogens with two attached hydrogens (primary N) is 1. The second-order valence-electron chi connectivity index (χ2n) is 5.55. The summed E-state index contributed by atoms with van der Waals surface area (Å²) in [5.41, 5.74) is 8.16. The first-order valence-electron chi connectivity index (χ1n) is 7.44. The van der Waals surface area contributed by atoms with Gasteiger partial charge in [0, 0.05) is 30.3 Å². The number of H-pyrrole nitrogens is 1. The van der Waals surface area contributed by atoms with Crippen LogP contribution in [0.4, 0.5) is 0 Å². The first kappa shape index (κ1) is 14.1. The standard InChI is InChI=1S/C16H21N3O2/c17-14(16(20)19-10-12-4-3-7-21-12)8-11-9-18-15-6-2-1-5-13(11)15/h1-2,5-6,9,12,14,18H,3-4,7-8,10,17H2,(H,19,20)/t12?,14-/m1/s1. The molecule has 1 aromatic carbocycles. The summed E-state index contributed by atoms with van der Waals surface area (Å²) in [5, 5.41) is 4.01. The van der Waals surface area contributed by atoms with Crippen molar-refractivity contribution in [1.82, 2.24) is 10.3 Å². The van der Waals surface area contributed by atoms with E-state index in [0.29, 0.717) is 13.0 Å². The van der Waals surface area contributed by atoms with Gasteiger partial charge in [0.05, 0.1) is 12.1 Å².